The van der Waals surface area contributed by atoms with Crippen molar-refractivity contribution in [1.29, 1.82) is 0 Å². The molecule has 1 saturated carbocycles. The molecule has 3 heteroatoms. The predicted octanol–water partition coefficient (Wildman–Crippen LogP) is 2.96. The van der Waals surface area contributed by atoms with E-state index in [1.165, 1.54) is 18.4 Å². The van der Waals surface area contributed by atoms with Gasteiger partial charge in [-0.1, -0.05) is 30.3 Å². The number of hydrogen-bond acceptors (Lipinski definition) is 3. The van der Waals surface area contributed by atoms with Crippen LogP contribution in [0.3, 0.4) is 0 Å². The Hall–Kier alpha value is -0.900. The average molecular weight is 290 g/mol. The molecule has 1 aromatic rings. The lowest BCUT2D eigenvalue weighted by Crippen LogP contribution is -2.43. The molecule has 0 aliphatic heterocycles. The molecule has 0 unspecified atom stereocenters. The molecule has 2 N–H and O–H groups in total. The molecule has 0 aromatic heterocycles. The zero-order chi connectivity index (χ0) is 15.1. The fourth-order valence-corrected chi connectivity index (χ4v) is 2.60. The van der Waals surface area contributed by atoms with Crippen molar-refractivity contribution in [3.8, 4) is 0 Å². The van der Waals surface area contributed by atoms with Crippen molar-refractivity contribution in [3.63, 3.8) is 0 Å². The van der Waals surface area contributed by atoms with Gasteiger partial charge in [-0.15, -0.1) is 0 Å². The molecule has 0 radical (unpaired) electrons. The summed E-state index contributed by atoms with van der Waals surface area (Å²) in [5.41, 5.74) is 1.49. The van der Waals surface area contributed by atoms with Crippen LogP contribution in [0, 0.1) is 5.92 Å². The first kappa shape index (κ1) is 16.5. The molecule has 0 bridgehead atoms. The summed E-state index contributed by atoms with van der Waals surface area (Å²) < 4.78 is 5.93. The molecule has 1 aromatic carbocycles. The van der Waals surface area contributed by atoms with Gasteiger partial charge in [0.2, 0.25) is 0 Å². The van der Waals surface area contributed by atoms with E-state index < -0.39 is 0 Å². The summed E-state index contributed by atoms with van der Waals surface area (Å²) in [7, 11) is 0. The van der Waals surface area contributed by atoms with E-state index in [-0.39, 0.29) is 5.54 Å². The van der Waals surface area contributed by atoms with E-state index in [0.717, 1.165) is 32.2 Å². The largest absolute Gasteiger partial charge is 0.374 e. The third-order valence-electron chi connectivity index (χ3n) is 3.91. The third-order valence-corrected chi connectivity index (χ3v) is 3.91. The Balaban J connectivity index is 1.46. The number of hydrogen-bond donors (Lipinski definition) is 2. The van der Waals surface area contributed by atoms with Crippen LogP contribution in [0.25, 0.3) is 0 Å². The first-order valence-electron chi connectivity index (χ1n) is 8.14. The topological polar surface area (TPSA) is 33.3 Å². The molecule has 0 saturated heterocycles. The van der Waals surface area contributed by atoms with Crippen LogP contribution < -0.4 is 10.6 Å². The summed E-state index contributed by atoms with van der Waals surface area (Å²) in [5.74, 6) is 0.792. The molecular formula is C18H30N2O. The maximum absolute atomic E-state index is 5.93. The van der Waals surface area contributed by atoms with E-state index in [4.69, 9.17) is 4.74 Å². The smallest absolute Gasteiger partial charge is 0.0720 e. The van der Waals surface area contributed by atoms with Crippen LogP contribution in [-0.4, -0.2) is 31.3 Å². The molecule has 0 spiro atoms. The number of benzene rings is 1. The van der Waals surface area contributed by atoms with E-state index in [9.17, 15) is 0 Å². The molecule has 1 fully saturated rings. The van der Waals surface area contributed by atoms with Crippen molar-refractivity contribution < 1.29 is 4.74 Å². The van der Waals surface area contributed by atoms with Crippen molar-refractivity contribution in [2.24, 2.45) is 5.92 Å². The highest BCUT2D eigenvalue weighted by Gasteiger charge is 2.29. The van der Waals surface area contributed by atoms with E-state index in [0.29, 0.717) is 6.10 Å². The van der Waals surface area contributed by atoms with Gasteiger partial charge in [-0.25, -0.2) is 0 Å². The second kappa shape index (κ2) is 7.92. The minimum atomic E-state index is 0.217. The lowest BCUT2D eigenvalue weighted by molar-refractivity contribution is -0.0394. The van der Waals surface area contributed by atoms with Gasteiger partial charge in [0.25, 0.3) is 0 Å². The fourth-order valence-electron chi connectivity index (χ4n) is 2.60. The Morgan fingerprint density at radius 3 is 2.48 bits per heavy atom. The highest BCUT2D eigenvalue weighted by Crippen LogP contribution is 2.30. The van der Waals surface area contributed by atoms with Crippen molar-refractivity contribution in [2.45, 2.75) is 51.9 Å². The molecule has 3 nitrogen and oxygen atoms in total. The van der Waals surface area contributed by atoms with Crippen LogP contribution in [0.5, 0.6) is 0 Å². The summed E-state index contributed by atoms with van der Waals surface area (Å²) in [6.07, 6.45) is 2.86. The fraction of sp³-hybridized carbons (Fsp3) is 0.667. The monoisotopic (exact) mass is 290 g/mol. The molecular weight excluding hydrogens is 260 g/mol. The van der Waals surface area contributed by atoms with Crippen LogP contribution in [0.1, 0.15) is 39.2 Å². The van der Waals surface area contributed by atoms with Gasteiger partial charge in [0.1, 0.15) is 0 Å². The molecule has 2 rings (SSSR count). The maximum Gasteiger partial charge on any atom is 0.0720 e. The van der Waals surface area contributed by atoms with Gasteiger partial charge >= 0.3 is 0 Å². The van der Waals surface area contributed by atoms with Gasteiger partial charge in [0, 0.05) is 18.6 Å². The lowest BCUT2D eigenvalue weighted by Gasteiger charge is -2.35. The zero-order valence-corrected chi connectivity index (χ0v) is 13.7. The van der Waals surface area contributed by atoms with E-state index in [1.54, 1.807) is 0 Å². The van der Waals surface area contributed by atoms with Crippen molar-refractivity contribution in [3.05, 3.63) is 35.9 Å². The van der Waals surface area contributed by atoms with Gasteiger partial charge < -0.3 is 15.4 Å². The summed E-state index contributed by atoms with van der Waals surface area (Å²) in [4.78, 5) is 0. The quantitative estimate of drug-likeness (QED) is 0.722. The van der Waals surface area contributed by atoms with Gasteiger partial charge in [0.05, 0.1) is 12.7 Å². The lowest BCUT2D eigenvalue weighted by atomic mass is 9.82. The highest BCUT2D eigenvalue weighted by atomic mass is 16.5. The summed E-state index contributed by atoms with van der Waals surface area (Å²) in [6, 6.07) is 10.4. The Morgan fingerprint density at radius 1 is 1.10 bits per heavy atom. The SMILES string of the molecule is CC(C)(C)NCCNCC1CC(OCc2ccccc2)C1. The number of rotatable bonds is 8. The molecule has 0 amide bonds. The zero-order valence-electron chi connectivity index (χ0n) is 13.7. The summed E-state index contributed by atoms with van der Waals surface area (Å²) >= 11 is 0. The van der Waals surface area contributed by atoms with Crippen LogP contribution >= 0.6 is 0 Å². The molecule has 1 aliphatic carbocycles. The molecule has 0 heterocycles. The third kappa shape index (κ3) is 6.60. The second-order valence-corrected chi connectivity index (χ2v) is 7.14. The van der Waals surface area contributed by atoms with E-state index >= 15 is 0 Å². The second-order valence-electron chi connectivity index (χ2n) is 7.14. The van der Waals surface area contributed by atoms with Crippen molar-refractivity contribution >= 4 is 0 Å². The highest BCUT2D eigenvalue weighted by molar-refractivity contribution is 5.13. The minimum Gasteiger partial charge on any atom is -0.374 e. The van der Waals surface area contributed by atoms with Crippen molar-refractivity contribution in [1.82, 2.24) is 10.6 Å². The minimum absolute atomic E-state index is 0.217. The van der Waals surface area contributed by atoms with Crippen LogP contribution in [0.15, 0.2) is 30.3 Å². The Bertz CT molecular complexity index is 393. The van der Waals surface area contributed by atoms with Crippen LogP contribution in [0.2, 0.25) is 0 Å². The summed E-state index contributed by atoms with van der Waals surface area (Å²) in [5, 5.41) is 7.03. The Labute approximate surface area is 129 Å². The van der Waals surface area contributed by atoms with E-state index in [2.05, 4.69) is 55.7 Å². The van der Waals surface area contributed by atoms with Crippen LogP contribution in [0.4, 0.5) is 0 Å². The van der Waals surface area contributed by atoms with Gasteiger partial charge in [-0.3, -0.25) is 0 Å². The van der Waals surface area contributed by atoms with Crippen LogP contribution in [-0.2, 0) is 11.3 Å². The Kier molecular flexibility index (Phi) is 6.22. The van der Waals surface area contributed by atoms with Crippen molar-refractivity contribution in [2.75, 3.05) is 19.6 Å². The molecule has 1 aliphatic rings. The number of nitrogens with one attached hydrogen (secondary N) is 2. The molecule has 118 valence electrons. The van der Waals surface area contributed by atoms with E-state index in [1.807, 2.05) is 6.07 Å². The van der Waals surface area contributed by atoms with Gasteiger partial charge in [-0.2, -0.15) is 0 Å². The predicted molar refractivity (Wildman–Crippen MR) is 88.4 cm³/mol. The molecule has 0 atom stereocenters. The van der Waals surface area contributed by atoms with Gasteiger partial charge in [0.15, 0.2) is 0 Å². The summed E-state index contributed by atoms with van der Waals surface area (Å²) in [6.45, 7) is 10.6. The first-order valence-corrected chi connectivity index (χ1v) is 8.14. The normalized spacial score (nSPS) is 22.0. The Morgan fingerprint density at radius 2 is 1.81 bits per heavy atom. The number of ether oxygens (including phenoxy) is 1. The average Bonchev–Trinajstić information content (AvgIpc) is 2.39. The first-order chi connectivity index (χ1) is 10.0. The standard InChI is InChI=1S/C18H30N2O/c1-18(2,3)20-10-9-19-13-16-11-17(12-16)21-14-15-7-5-4-6-8-15/h4-8,16-17,19-20H,9-14H2,1-3H3. The van der Waals surface area contributed by atoms with Gasteiger partial charge in [-0.05, 0) is 51.6 Å². The maximum atomic E-state index is 5.93. The molecule has 21 heavy (non-hydrogen) atoms.